The maximum Gasteiger partial charge on any atom is 0.264 e. The SMILES string of the molecule is Cc1ccc(Cn2nc(C)c(/C=C3\SC(=NC4CCCC4)NC3=O)c2C)cc1. The predicted molar refractivity (Wildman–Crippen MR) is 115 cm³/mol. The van der Waals surface area contributed by atoms with E-state index in [2.05, 4.69) is 43.4 Å². The van der Waals surface area contributed by atoms with Crippen molar-refractivity contribution in [2.45, 2.75) is 59.0 Å². The fraction of sp³-hybridized carbons (Fsp3) is 0.409. The summed E-state index contributed by atoms with van der Waals surface area (Å²) in [6, 6.07) is 8.87. The molecule has 0 unspecified atom stereocenters. The van der Waals surface area contributed by atoms with Gasteiger partial charge in [-0.05, 0) is 57.0 Å². The number of nitrogens with one attached hydrogen (secondary N) is 1. The summed E-state index contributed by atoms with van der Waals surface area (Å²) in [5.41, 5.74) is 5.50. The van der Waals surface area contributed by atoms with Crippen LogP contribution in [0, 0.1) is 20.8 Å². The van der Waals surface area contributed by atoms with Crippen molar-refractivity contribution in [3.05, 3.63) is 57.2 Å². The first-order chi connectivity index (χ1) is 13.5. The maximum atomic E-state index is 12.4. The number of benzene rings is 1. The monoisotopic (exact) mass is 394 g/mol. The minimum atomic E-state index is -0.0631. The van der Waals surface area contributed by atoms with E-state index in [1.165, 1.54) is 35.7 Å². The number of carbonyl (C=O) groups is 1. The van der Waals surface area contributed by atoms with Gasteiger partial charge in [-0.1, -0.05) is 42.7 Å². The number of hydrogen-bond acceptors (Lipinski definition) is 4. The van der Waals surface area contributed by atoms with Crippen LogP contribution in [0.2, 0.25) is 0 Å². The van der Waals surface area contributed by atoms with Crippen LogP contribution in [0.5, 0.6) is 0 Å². The minimum Gasteiger partial charge on any atom is -0.301 e. The Morgan fingerprint density at radius 2 is 1.93 bits per heavy atom. The molecule has 146 valence electrons. The Bertz CT molecular complexity index is 950. The van der Waals surface area contributed by atoms with Gasteiger partial charge >= 0.3 is 0 Å². The molecule has 4 rings (SSSR count). The summed E-state index contributed by atoms with van der Waals surface area (Å²) in [5, 5.41) is 8.36. The van der Waals surface area contributed by atoms with E-state index in [1.807, 2.05) is 17.7 Å². The molecule has 1 aliphatic heterocycles. The summed E-state index contributed by atoms with van der Waals surface area (Å²) in [5.74, 6) is -0.0631. The van der Waals surface area contributed by atoms with Gasteiger partial charge in [-0.15, -0.1) is 0 Å². The second-order valence-corrected chi connectivity index (χ2v) is 8.70. The second-order valence-electron chi connectivity index (χ2n) is 7.67. The molecule has 28 heavy (non-hydrogen) atoms. The quantitative estimate of drug-likeness (QED) is 0.784. The van der Waals surface area contributed by atoms with Crippen LogP contribution < -0.4 is 5.32 Å². The molecular formula is C22H26N4OS. The average molecular weight is 395 g/mol. The van der Waals surface area contributed by atoms with E-state index in [-0.39, 0.29) is 5.91 Å². The number of nitrogens with zero attached hydrogens (tertiary/aromatic N) is 3. The molecule has 0 atom stereocenters. The Morgan fingerprint density at radius 1 is 1.21 bits per heavy atom. The van der Waals surface area contributed by atoms with Crippen molar-refractivity contribution in [1.82, 2.24) is 15.1 Å². The van der Waals surface area contributed by atoms with Crippen molar-refractivity contribution >= 4 is 28.9 Å². The highest BCUT2D eigenvalue weighted by Gasteiger charge is 2.26. The standard InChI is InChI=1S/C22H26N4OS/c1-14-8-10-17(11-9-14)13-26-16(3)19(15(2)25-26)12-20-21(27)24-22(28-20)23-18-6-4-5-7-18/h8-12,18H,4-7,13H2,1-3H3,(H,23,24,27)/b20-12-. The third-order valence-corrected chi connectivity index (χ3v) is 6.37. The zero-order chi connectivity index (χ0) is 19.7. The predicted octanol–water partition coefficient (Wildman–Crippen LogP) is 4.36. The first-order valence-electron chi connectivity index (χ1n) is 9.88. The number of carbonyl (C=O) groups excluding carboxylic acids is 1. The third kappa shape index (κ3) is 4.07. The summed E-state index contributed by atoms with van der Waals surface area (Å²) < 4.78 is 2.01. The molecule has 1 aromatic heterocycles. The van der Waals surface area contributed by atoms with Gasteiger partial charge in [0.25, 0.3) is 5.91 Å². The average Bonchev–Trinajstić information content (AvgIpc) is 3.35. The largest absolute Gasteiger partial charge is 0.301 e. The van der Waals surface area contributed by atoms with E-state index in [4.69, 9.17) is 10.1 Å². The third-order valence-electron chi connectivity index (χ3n) is 5.44. The molecule has 1 amide bonds. The van der Waals surface area contributed by atoms with Crippen LogP contribution in [-0.4, -0.2) is 26.9 Å². The van der Waals surface area contributed by atoms with E-state index in [0.29, 0.717) is 10.9 Å². The molecule has 0 radical (unpaired) electrons. The summed E-state index contributed by atoms with van der Waals surface area (Å²) in [7, 11) is 0. The number of aromatic nitrogens is 2. The zero-order valence-corrected chi connectivity index (χ0v) is 17.5. The van der Waals surface area contributed by atoms with Crippen molar-refractivity contribution in [3.8, 4) is 0 Å². The van der Waals surface area contributed by atoms with Crippen LogP contribution in [0.3, 0.4) is 0 Å². The molecule has 6 heteroatoms. The van der Waals surface area contributed by atoms with Gasteiger partial charge < -0.3 is 5.32 Å². The van der Waals surface area contributed by atoms with Crippen LogP contribution in [0.1, 0.15) is 53.8 Å². The van der Waals surface area contributed by atoms with Gasteiger partial charge in [0.2, 0.25) is 0 Å². The lowest BCUT2D eigenvalue weighted by Gasteiger charge is -2.05. The Morgan fingerprint density at radius 3 is 2.64 bits per heavy atom. The summed E-state index contributed by atoms with van der Waals surface area (Å²) in [6.07, 6.45) is 6.69. The van der Waals surface area contributed by atoms with Crippen LogP contribution >= 0.6 is 11.8 Å². The van der Waals surface area contributed by atoms with E-state index >= 15 is 0 Å². The number of amides is 1. The van der Waals surface area contributed by atoms with Crippen LogP contribution in [-0.2, 0) is 11.3 Å². The molecule has 0 bridgehead atoms. The first-order valence-corrected chi connectivity index (χ1v) is 10.7. The van der Waals surface area contributed by atoms with Gasteiger partial charge in [-0.3, -0.25) is 14.5 Å². The van der Waals surface area contributed by atoms with Crippen molar-refractivity contribution in [1.29, 1.82) is 0 Å². The Balaban J connectivity index is 1.55. The topological polar surface area (TPSA) is 59.3 Å². The van der Waals surface area contributed by atoms with E-state index < -0.39 is 0 Å². The van der Waals surface area contributed by atoms with Gasteiger partial charge in [0.15, 0.2) is 5.17 Å². The lowest BCUT2D eigenvalue weighted by molar-refractivity contribution is -0.115. The maximum absolute atomic E-state index is 12.4. The molecule has 2 heterocycles. The Kier molecular flexibility index (Phi) is 5.40. The van der Waals surface area contributed by atoms with Gasteiger partial charge in [0.05, 0.1) is 23.2 Å². The number of rotatable bonds is 4. The van der Waals surface area contributed by atoms with Crippen LogP contribution in [0.4, 0.5) is 0 Å². The van der Waals surface area contributed by atoms with Crippen molar-refractivity contribution in [2.75, 3.05) is 0 Å². The zero-order valence-electron chi connectivity index (χ0n) is 16.7. The highest BCUT2D eigenvalue weighted by molar-refractivity contribution is 8.18. The molecule has 1 aliphatic carbocycles. The smallest absolute Gasteiger partial charge is 0.264 e. The Hall–Kier alpha value is -2.34. The molecular weight excluding hydrogens is 368 g/mol. The van der Waals surface area contributed by atoms with Crippen molar-refractivity contribution < 1.29 is 4.79 Å². The summed E-state index contributed by atoms with van der Waals surface area (Å²) in [4.78, 5) is 17.8. The van der Waals surface area contributed by atoms with Crippen LogP contribution in [0.15, 0.2) is 34.2 Å². The Labute approximate surface area is 170 Å². The number of aryl methyl sites for hydroxylation is 2. The molecule has 1 saturated carbocycles. The fourth-order valence-corrected chi connectivity index (χ4v) is 4.63. The lowest BCUT2D eigenvalue weighted by Crippen LogP contribution is -2.21. The fourth-order valence-electron chi connectivity index (χ4n) is 3.76. The minimum absolute atomic E-state index is 0.0631. The molecule has 2 aliphatic rings. The molecule has 1 N–H and O–H groups in total. The molecule has 2 aromatic rings. The van der Waals surface area contributed by atoms with Gasteiger partial charge in [0, 0.05) is 11.3 Å². The highest BCUT2D eigenvalue weighted by Crippen LogP contribution is 2.30. The second kappa shape index (κ2) is 7.95. The molecule has 1 aromatic carbocycles. The van der Waals surface area contributed by atoms with E-state index in [1.54, 1.807) is 0 Å². The molecule has 5 nitrogen and oxygen atoms in total. The van der Waals surface area contributed by atoms with Crippen molar-refractivity contribution in [2.24, 2.45) is 4.99 Å². The first kappa shape index (κ1) is 19.0. The van der Waals surface area contributed by atoms with Gasteiger partial charge in [-0.2, -0.15) is 5.10 Å². The number of amidine groups is 1. The van der Waals surface area contributed by atoms with Gasteiger partial charge in [0.1, 0.15) is 0 Å². The van der Waals surface area contributed by atoms with E-state index in [9.17, 15) is 4.79 Å². The van der Waals surface area contributed by atoms with Crippen molar-refractivity contribution in [3.63, 3.8) is 0 Å². The molecule has 0 spiro atoms. The number of hydrogen-bond donors (Lipinski definition) is 1. The summed E-state index contributed by atoms with van der Waals surface area (Å²) >= 11 is 1.45. The lowest BCUT2D eigenvalue weighted by atomic mass is 10.1. The van der Waals surface area contributed by atoms with E-state index in [0.717, 1.165) is 41.5 Å². The van der Waals surface area contributed by atoms with Crippen LogP contribution in [0.25, 0.3) is 6.08 Å². The normalized spacial score (nSPS) is 20.5. The number of aliphatic imine (C=N–C) groups is 1. The number of thioether (sulfide) groups is 1. The molecule has 2 fully saturated rings. The van der Waals surface area contributed by atoms with Gasteiger partial charge in [-0.25, -0.2) is 0 Å². The highest BCUT2D eigenvalue weighted by atomic mass is 32.2. The molecule has 1 saturated heterocycles. The summed E-state index contributed by atoms with van der Waals surface area (Å²) in [6.45, 7) is 6.87.